The smallest absolute Gasteiger partial charge is 0.234 e. The molecule has 0 spiro atoms. The number of amides is 1. The van der Waals surface area contributed by atoms with Crippen LogP contribution >= 0.6 is 23.4 Å². The molecule has 2 aromatic rings. The number of nitriles is 1. The normalized spacial score (nSPS) is 13.6. The zero-order valence-electron chi connectivity index (χ0n) is 15.1. The third kappa shape index (κ3) is 4.72. The lowest BCUT2D eigenvalue weighted by Gasteiger charge is -2.24. The third-order valence-electron chi connectivity index (χ3n) is 4.22. The Morgan fingerprint density at radius 2 is 2.30 bits per heavy atom. The number of nitrogens with one attached hydrogen (secondary N) is 1. The molecule has 3 rings (SSSR count). The van der Waals surface area contributed by atoms with Crippen LogP contribution in [-0.4, -0.2) is 42.2 Å². The first-order valence-corrected chi connectivity index (χ1v) is 9.74. The van der Waals surface area contributed by atoms with Gasteiger partial charge in [0.25, 0.3) is 0 Å². The molecule has 0 saturated heterocycles. The average Bonchev–Trinajstić information content (AvgIpc) is 2.65. The molecular weight excluding hydrogens is 384 g/mol. The van der Waals surface area contributed by atoms with Crippen LogP contribution in [0.3, 0.4) is 0 Å². The highest BCUT2D eigenvalue weighted by atomic mass is 35.5. The molecular formula is C19H19ClN4O2S. The largest absolute Gasteiger partial charge is 0.495 e. The number of likely N-dealkylation sites (N-methyl/N-ethyl adjacent to an activating group) is 1. The summed E-state index contributed by atoms with van der Waals surface area (Å²) in [6, 6.07) is 9.10. The summed E-state index contributed by atoms with van der Waals surface area (Å²) in [5.41, 5.74) is 3.10. The van der Waals surface area contributed by atoms with Crippen molar-refractivity contribution in [2.45, 2.75) is 18.0 Å². The van der Waals surface area contributed by atoms with Gasteiger partial charge in [0.1, 0.15) is 16.8 Å². The van der Waals surface area contributed by atoms with Gasteiger partial charge < -0.3 is 15.0 Å². The summed E-state index contributed by atoms with van der Waals surface area (Å²) in [6.07, 6.45) is 0.844. The first-order valence-electron chi connectivity index (χ1n) is 8.37. The summed E-state index contributed by atoms with van der Waals surface area (Å²) >= 11 is 7.24. The molecule has 0 radical (unpaired) electrons. The van der Waals surface area contributed by atoms with Crippen molar-refractivity contribution >= 4 is 35.0 Å². The van der Waals surface area contributed by atoms with Gasteiger partial charge in [-0.15, -0.1) is 0 Å². The molecule has 2 heterocycles. The summed E-state index contributed by atoms with van der Waals surface area (Å²) in [7, 11) is 3.58. The molecule has 1 aliphatic heterocycles. The van der Waals surface area contributed by atoms with Gasteiger partial charge in [0.15, 0.2) is 0 Å². The van der Waals surface area contributed by atoms with E-state index >= 15 is 0 Å². The average molecular weight is 403 g/mol. The van der Waals surface area contributed by atoms with Gasteiger partial charge in [-0.25, -0.2) is 4.98 Å². The van der Waals surface area contributed by atoms with E-state index in [0.717, 1.165) is 30.8 Å². The lowest BCUT2D eigenvalue weighted by atomic mass is 10.0. The standard InChI is InChI=1S/C19H19ClN4O2S/c1-24-6-5-15-13(10-24)7-12(9-21)19(23-15)27-11-18(25)22-16-8-14(20)3-4-17(16)26-2/h3-4,7-8H,5-6,10-11H2,1-2H3,(H,22,25). The molecule has 0 bridgehead atoms. The fourth-order valence-electron chi connectivity index (χ4n) is 2.88. The number of benzene rings is 1. The van der Waals surface area contributed by atoms with Gasteiger partial charge in [0.05, 0.1) is 24.1 Å². The highest BCUT2D eigenvalue weighted by Crippen LogP contribution is 2.29. The highest BCUT2D eigenvalue weighted by Gasteiger charge is 2.19. The van der Waals surface area contributed by atoms with Crippen molar-refractivity contribution in [3.05, 3.63) is 46.1 Å². The summed E-state index contributed by atoms with van der Waals surface area (Å²) in [5.74, 6) is 0.450. The van der Waals surface area contributed by atoms with Crippen LogP contribution in [-0.2, 0) is 17.8 Å². The molecule has 0 atom stereocenters. The van der Waals surface area contributed by atoms with Gasteiger partial charge in [0.2, 0.25) is 5.91 Å². The summed E-state index contributed by atoms with van der Waals surface area (Å²) in [5, 5.41) is 13.3. The number of carbonyl (C=O) groups is 1. The van der Waals surface area contributed by atoms with Crippen LogP contribution in [0, 0.1) is 11.3 Å². The van der Waals surface area contributed by atoms with Crippen LogP contribution in [0.15, 0.2) is 29.3 Å². The van der Waals surface area contributed by atoms with Crippen molar-refractivity contribution in [3.8, 4) is 11.8 Å². The van der Waals surface area contributed by atoms with Crippen molar-refractivity contribution in [3.63, 3.8) is 0 Å². The minimum absolute atomic E-state index is 0.135. The quantitative estimate of drug-likeness (QED) is 0.773. The molecule has 0 aliphatic carbocycles. The second-order valence-corrected chi connectivity index (χ2v) is 7.63. The number of methoxy groups -OCH3 is 1. The topological polar surface area (TPSA) is 78.2 Å². The van der Waals surface area contributed by atoms with E-state index in [1.807, 2.05) is 13.1 Å². The second kappa shape index (κ2) is 8.61. The van der Waals surface area contributed by atoms with Crippen LogP contribution in [0.1, 0.15) is 16.8 Å². The van der Waals surface area contributed by atoms with Crippen molar-refractivity contribution in [2.24, 2.45) is 0 Å². The Labute approximate surface area is 167 Å². The van der Waals surface area contributed by atoms with E-state index < -0.39 is 0 Å². The zero-order valence-corrected chi connectivity index (χ0v) is 16.7. The molecule has 1 aromatic heterocycles. The van der Waals surface area contributed by atoms with Crippen LogP contribution in [0.4, 0.5) is 5.69 Å². The number of fused-ring (bicyclic) bond motifs is 1. The number of pyridine rings is 1. The van der Waals surface area contributed by atoms with Gasteiger partial charge in [-0.2, -0.15) is 5.26 Å². The number of nitrogens with zero attached hydrogens (tertiary/aromatic N) is 3. The minimum Gasteiger partial charge on any atom is -0.495 e. The summed E-state index contributed by atoms with van der Waals surface area (Å²) < 4.78 is 5.23. The molecule has 0 saturated carbocycles. The Bertz CT molecular complexity index is 913. The molecule has 8 heteroatoms. The number of halogens is 1. The first kappa shape index (κ1) is 19.5. The Kier molecular flexibility index (Phi) is 6.22. The Hall–Kier alpha value is -2.27. The Balaban J connectivity index is 1.71. The van der Waals surface area contributed by atoms with E-state index in [1.165, 1.54) is 18.9 Å². The maximum absolute atomic E-state index is 12.3. The molecule has 140 valence electrons. The maximum atomic E-state index is 12.3. The number of hydrogen-bond acceptors (Lipinski definition) is 6. The number of carbonyl (C=O) groups excluding carboxylic acids is 1. The molecule has 1 N–H and O–H groups in total. The molecule has 1 amide bonds. The molecule has 27 heavy (non-hydrogen) atoms. The predicted molar refractivity (Wildman–Crippen MR) is 106 cm³/mol. The predicted octanol–water partition coefficient (Wildman–Crippen LogP) is 3.33. The van der Waals surface area contributed by atoms with E-state index in [9.17, 15) is 10.1 Å². The summed E-state index contributed by atoms with van der Waals surface area (Å²) in [6.45, 7) is 1.72. The Morgan fingerprint density at radius 1 is 1.48 bits per heavy atom. The minimum atomic E-state index is -0.219. The molecule has 0 unspecified atom stereocenters. The first-order chi connectivity index (χ1) is 13.0. The van der Waals surface area contributed by atoms with Crippen LogP contribution < -0.4 is 10.1 Å². The molecule has 1 aliphatic rings. The van der Waals surface area contributed by atoms with E-state index in [2.05, 4.69) is 21.3 Å². The Morgan fingerprint density at radius 3 is 3.04 bits per heavy atom. The maximum Gasteiger partial charge on any atom is 0.234 e. The highest BCUT2D eigenvalue weighted by molar-refractivity contribution is 8.00. The van der Waals surface area contributed by atoms with Crippen LogP contribution in [0.25, 0.3) is 0 Å². The number of thioether (sulfide) groups is 1. The monoisotopic (exact) mass is 402 g/mol. The van der Waals surface area contributed by atoms with Gasteiger partial charge in [-0.05, 0) is 36.9 Å². The number of ether oxygens (including phenoxy) is 1. The van der Waals surface area contributed by atoms with Crippen molar-refractivity contribution in [1.29, 1.82) is 5.26 Å². The second-order valence-electron chi connectivity index (χ2n) is 6.23. The number of aromatic nitrogens is 1. The van der Waals surface area contributed by atoms with Crippen LogP contribution in [0.5, 0.6) is 5.75 Å². The zero-order chi connectivity index (χ0) is 19.4. The molecule has 1 aromatic carbocycles. The lowest BCUT2D eigenvalue weighted by Crippen LogP contribution is -2.27. The molecule has 0 fully saturated rings. The van der Waals surface area contributed by atoms with E-state index in [-0.39, 0.29) is 11.7 Å². The third-order valence-corrected chi connectivity index (χ3v) is 5.45. The fourth-order valence-corrected chi connectivity index (χ4v) is 3.83. The van der Waals surface area contributed by atoms with Crippen LogP contribution in [0.2, 0.25) is 5.02 Å². The van der Waals surface area contributed by atoms with E-state index in [1.54, 1.807) is 18.2 Å². The van der Waals surface area contributed by atoms with Gasteiger partial charge in [-0.1, -0.05) is 23.4 Å². The van der Waals surface area contributed by atoms with Gasteiger partial charge in [-0.3, -0.25) is 4.79 Å². The van der Waals surface area contributed by atoms with Gasteiger partial charge >= 0.3 is 0 Å². The SMILES string of the molecule is COc1ccc(Cl)cc1NC(=O)CSc1nc2c(cc1C#N)CN(C)CC2. The molecule has 6 nitrogen and oxygen atoms in total. The van der Waals surface area contributed by atoms with Crippen molar-refractivity contribution in [1.82, 2.24) is 9.88 Å². The van der Waals surface area contributed by atoms with Crippen molar-refractivity contribution < 1.29 is 9.53 Å². The number of hydrogen-bond donors (Lipinski definition) is 1. The number of rotatable bonds is 5. The summed E-state index contributed by atoms with van der Waals surface area (Å²) in [4.78, 5) is 19.2. The number of anilines is 1. The van der Waals surface area contributed by atoms with Gasteiger partial charge in [0, 0.05) is 30.2 Å². The lowest BCUT2D eigenvalue weighted by molar-refractivity contribution is -0.113. The van der Waals surface area contributed by atoms with Crippen molar-refractivity contribution in [2.75, 3.05) is 31.8 Å². The van der Waals surface area contributed by atoms with E-state index in [4.69, 9.17) is 16.3 Å². The fraction of sp³-hybridized carbons (Fsp3) is 0.316. The van der Waals surface area contributed by atoms with E-state index in [0.29, 0.717) is 27.0 Å².